The lowest BCUT2D eigenvalue weighted by Gasteiger charge is -2.24. The molecule has 5 rings (SSSR count). The summed E-state index contributed by atoms with van der Waals surface area (Å²) in [5, 5.41) is 13.2. The van der Waals surface area contributed by atoms with Crippen LogP contribution >= 0.6 is 22.7 Å². The van der Waals surface area contributed by atoms with Crippen LogP contribution in [0, 0.1) is 0 Å². The summed E-state index contributed by atoms with van der Waals surface area (Å²) in [6, 6.07) is 16.1. The van der Waals surface area contributed by atoms with E-state index in [0.29, 0.717) is 28.1 Å². The van der Waals surface area contributed by atoms with Crippen LogP contribution in [-0.4, -0.2) is 28.4 Å². The van der Waals surface area contributed by atoms with Gasteiger partial charge in [-0.1, -0.05) is 55.5 Å². The number of ketones is 1. The number of ether oxygens (including phenoxy) is 1. The van der Waals surface area contributed by atoms with Crippen molar-refractivity contribution in [2.75, 3.05) is 11.5 Å². The highest BCUT2D eigenvalue weighted by atomic mass is 32.1. The molecule has 0 bridgehead atoms. The zero-order chi connectivity index (χ0) is 24.7. The first-order valence-corrected chi connectivity index (χ1v) is 13.1. The zero-order valence-corrected chi connectivity index (χ0v) is 21.2. The molecular weight excluding hydrogens is 480 g/mol. The van der Waals surface area contributed by atoms with Gasteiger partial charge in [0.25, 0.3) is 5.91 Å². The lowest BCUT2D eigenvalue weighted by atomic mass is 9.93. The van der Waals surface area contributed by atoms with Crippen LogP contribution in [0.15, 0.2) is 71.3 Å². The molecule has 1 atom stereocenters. The van der Waals surface area contributed by atoms with Gasteiger partial charge in [0.15, 0.2) is 10.9 Å². The number of nitrogens with zero attached hydrogens (tertiary/aromatic N) is 2. The maximum Gasteiger partial charge on any atom is 0.296 e. The minimum Gasteiger partial charge on any atom is -0.503 e. The summed E-state index contributed by atoms with van der Waals surface area (Å²) in [7, 11) is 0. The number of amides is 1. The molecule has 2 aromatic carbocycles. The molecule has 178 valence electrons. The number of carbonyl (C=O) groups excluding carboxylic acids is 2. The molecule has 0 saturated heterocycles. The molecule has 0 fully saturated rings. The highest BCUT2D eigenvalue weighted by molar-refractivity contribution is 7.22. The Kier molecular flexibility index (Phi) is 6.17. The summed E-state index contributed by atoms with van der Waals surface area (Å²) in [4.78, 5) is 33.5. The van der Waals surface area contributed by atoms with Gasteiger partial charge >= 0.3 is 0 Å². The first-order valence-electron chi connectivity index (χ1n) is 11.4. The summed E-state index contributed by atoms with van der Waals surface area (Å²) in [6.45, 7) is 6.67. The molecular formula is C27H24N2O4S2. The Morgan fingerprint density at radius 3 is 2.60 bits per heavy atom. The minimum atomic E-state index is -0.787. The number of carbonyl (C=O) groups is 2. The normalized spacial score (nSPS) is 16.1. The Morgan fingerprint density at radius 2 is 1.94 bits per heavy atom. The first kappa shape index (κ1) is 23.3. The Labute approximate surface area is 211 Å². The Morgan fingerprint density at radius 1 is 1.17 bits per heavy atom. The lowest BCUT2D eigenvalue weighted by Crippen LogP contribution is -2.30. The molecule has 0 aliphatic carbocycles. The van der Waals surface area contributed by atoms with E-state index in [9.17, 15) is 14.7 Å². The zero-order valence-electron chi connectivity index (χ0n) is 19.5. The SMILES string of the molecule is CCOc1ccc2nc(N3C(=O)C(O)=C(C(=O)c4cccs4)[C@H]3c3ccc(C(C)C)cc3)sc2c1. The molecule has 0 spiro atoms. The fourth-order valence-corrected chi connectivity index (χ4v) is 5.90. The molecule has 2 aromatic heterocycles. The van der Waals surface area contributed by atoms with Crippen LogP contribution in [-0.2, 0) is 4.79 Å². The summed E-state index contributed by atoms with van der Waals surface area (Å²) in [5.41, 5.74) is 2.67. The average molecular weight is 505 g/mol. The van der Waals surface area contributed by atoms with Gasteiger partial charge in [-0.25, -0.2) is 4.98 Å². The minimum absolute atomic E-state index is 0.0732. The lowest BCUT2D eigenvalue weighted by molar-refractivity contribution is -0.117. The van der Waals surface area contributed by atoms with Crippen LogP contribution < -0.4 is 9.64 Å². The number of Topliss-reactive ketones (excluding diaryl/α,β-unsaturated/α-hetero) is 1. The number of benzene rings is 2. The van der Waals surface area contributed by atoms with E-state index in [1.54, 1.807) is 17.5 Å². The van der Waals surface area contributed by atoms with Crippen molar-refractivity contribution >= 4 is 49.7 Å². The fraction of sp³-hybridized carbons (Fsp3) is 0.222. The third-order valence-corrected chi connectivity index (χ3v) is 7.87. The highest BCUT2D eigenvalue weighted by Gasteiger charge is 2.46. The number of hydrogen-bond donors (Lipinski definition) is 1. The van der Waals surface area contributed by atoms with Gasteiger partial charge in [-0.2, -0.15) is 0 Å². The second kappa shape index (κ2) is 9.28. The summed E-state index contributed by atoms with van der Waals surface area (Å²) >= 11 is 2.61. The molecule has 1 N–H and O–H groups in total. The van der Waals surface area contributed by atoms with E-state index in [-0.39, 0.29) is 11.4 Å². The number of aliphatic hydroxyl groups is 1. The fourth-order valence-electron chi connectivity index (χ4n) is 4.21. The number of thiazole rings is 1. The third kappa shape index (κ3) is 4.13. The second-order valence-corrected chi connectivity index (χ2v) is 10.5. The van der Waals surface area contributed by atoms with Crippen molar-refractivity contribution < 1.29 is 19.4 Å². The van der Waals surface area contributed by atoms with E-state index in [2.05, 4.69) is 18.8 Å². The molecule has 0 unspecified atom stereocenters. The van der Waals surface area contributed by atoms with E-state index in [4.69, 9.17) is 4.74 Å². The Hall–Kier alpha value is -3.49. The van der Waals surface area contributed by atoms with Crippen LogP contribution in [0.1, 0.15) is 53.5 Å². The molecule has 4 aromatic rings. The van der Waals surface area contributed by atoms with Gasteiger partial charge in [0, 0.05) is 0 Å². The van der Waals surface area contributed by atoms with Gasteiger partial charge in [0.1, 0.15) is 5.75 Å². The van der Waals surface area contributed by atoms with Crippen LogP contribution in [0.25, 0.3) is 10.2 Å². The van der Waals surface area contributed by atoms with Gasteiger partial charge in [-0.3, -0.25) is 14.5 Å². The largest absolute Gasteiger partial charge is 0.503 e. The highest BCUT2D eigenvalue weighted by Crippen LogP contribution is 2.45. The molecule has 0 saturated carbocycles. The van der Waals surface area contributed by atoms with Crippen molar-refractivity contribution in [1.82, 2.24) is 4.98 Å². The number of rotatable bonds is 7. The molecule has 1 aliphatic heterocycles. The second-order valence-electron chi connectivity index (χ2n) is 8.53. The number of hydrogen-bond acceptors (Lipinski definition) is 7. The monoisotopic (exact) mass is 504 g/mol. The predicted octanol–water partition coefficient (Wildman–Crippen LogP) is 6.66. The maximum absolute atomic E-state index is 13.5. The van der Waals surface area contributed by atoms with Gasteiger partial charge in [-0.15, -0.1) is 11.3 Å². The van der Waals surface area contributed by atoms with Crippen molar-refractivity contribution in [2.24, 2.45) is 0 Å². The number of aromatic nitrogens is 1. The average Bonchev–Trinajstić information content (AvgIpc) is 3.58. The van der Waals surface area contributed by atoms with Crippen molar-refractivity contribution in [3.8, 4) is 5.75 Å². The van der Waals surface area contributed by atoms with E-state index < -0.39 is 17.7 Å². The molecule has 1 aliphatic rings. The number of anilines is 1. The number of aliphatic hydroxyl groups excluding tert-OH is 1. The predicted molar refractivity (Wildman–Crippen MR) is 140 cm³/mol. The molecule has 1 amide bonds. The van der Waals surface area contributed by atoms with Gasteiger partial charge in [0.2, 0.25) is 5.78 Å². The molecule has 0 radical (unpaired) electrons. The molecule has 35 heavy (non-hydrogen) atoms. The summed E-state index contributed by atoms with van der Waals surface area (Å²) in [5.74, 6) is -0.461. The Balaban J connectivity index is 1.64. The number of fused-ring (bicyclic) bond motifs is 1. The van der Waals surface area contributed by atoms with Gasteiger partial charge < -0.3 is 9.84 Å². The molecule has 6 nitrogen and oxygen atoms in total. The van der Waals surface area contributed by atoms with E-state index in [1.165, 1.54) is 27.6 Å². The van der Waals surface area contributed by atoms with Gasteiger partial charge in [-0.05, 0) is 53.6 Å². The maximum atomic E-state index is 13.5. The topological polar surface area (TPSA) is 79.7 Å². The van der Waals surface area contributed by atoms with E-state index in [0.717, 1.165) is 21.6 Å². The quantitative estimate of drug-likeness (QED) is 0.285. The van der Waals surface area contributed by atoms with E-state index >= 15 is 0 Å². The standard InChI is InChI=1S/C27H24N2O4S2/c1-4-33-18-11-12-19-21(14-18)35-27(28-19)29-23(17-9-7-16(8-10-17)15(2)3)22(25(31)26(29)32)24(30)20-6-5-13-34-20/h5-15,23,31H,4H2,1-3H3/t23-/m1/s1. The van der Waals surface area contributed by atoms with Crippen LogP contribution in [0.2, 0.25) is 0 Å². The van der Waals surface area contributed by atoms with Crippen molar-refractivity contribution in [3.63, 3.8) is 0 Å². The van der Waals surface area contributed by atoms with Crippen LogP contribution in [0.3, 0.4) is 0 Å². The third-order valence-electron chi connectivity index (χ3n) is 5.98. The van der Waals surface area contributed by atoms with E-state index in [1.807, 2.05) is 49.4 Å². The van der Waals surface area contributed by atoms with Crippen molar-refractivity contribution in [2.45, 2.75) is 32.7 Å². The summed E-state index contributed by atoms with van der Waals surface area (Å²) in [6.07, 6.45) is 0. The van der Waals surface area contributed by atoms with Gasteiger partial charge in [0.05, 0.1) is 33.3 Å². The van der Waals surface area contributed by atoms with Crippen LogP contribution in [0.4, 0.5) is 5.13 Å². The van der Waals surface area contributed by atoms with Crippen molar-refractivity contribution in [1.29, 1.82) is 0 Å². The molecule has 8 heteroatoms. The smallest absolute Gasteiger partial charge is 0.296 e. The molecule has 3 heterocycles. The summed E-state index contributed by atoms with van der Waals surface area (Å²) < 4.78 is 6.46. The Bertz CT molecular complexity index is 1440. The van der Waals surface area contributed by atoms with Crippen molar-refractivity contribution in [3.05, 3.63) is 87.3 Å². The number of thiophene rings is 1. The van der Waals surface area contributed by atoms with Crippen LogP contribution in [0.5, 0.6) is 5.75 Å². The first-order chi connectivity index (χ1) is 16.9.